The molecule has 130 valence electrons. The third-order valence-corrected chi connectivity index (χ3v) is 4.30. The van der Waals surface area contributed by atoms with E-state index in [1.165, 1.54) is 25.3 Å². The molecule has 0 saturated heterocycles. The highest BCUT2D eigenvalue weighted by Crippen LogP contribution is 2.27. The SMILES string of the molecule is COc1ccc(C(=O)NNC(=O)c2ccc3c(c2)CCC3)cc1OC. The Balaban J connectivity index is 1.65. The van der Waals surface area contributed by atoms with Gasteiger partial charge < -0.3 is 9.47 Å². The van der Waals surface area contributed by atoms with Crippen LogP contribution in [0.15, 0.2) is 36.4 Å². The van der Waals surface area contributed by atoms with Crippen molar-refractivity contribution < 1.29 is 19.1 Å². The average molecular weight is 340 g/mol. The Labute approximate surface area is 146 Å². The molecule has 6 heteroatoms. The highest BCUT2D eigenvalue weighted by atomic mass is 16.5. The molecule has 25 heavy (non-hydrogen) atoms. The molecule has 3 rings (SSSR count). The largest absolute Gasteiger partial charge is 0.493 e. The number of benzene rings is 2. The van der Waals surface area contributed by atoms with Gasteiger partial charge in [0.2, 0.25) is 0 Å². The molecule has 2 amide bonds. The summed E-state index contributed by atoms with van der Waals surface area (Å²) in [6.45, 7) is 0. The van der Waals surface area contributed by atoms with E-state index in [0.29, 0.717) is 22.6 Å². The number of carbonyl (C=O) groups is 2. The van der Waals surface area contributed by atoms with Gasteiger partial charge >= 0.3 is 0 Å². The molecule has 1 aliphatic carbocycles. The van der Waals surface area contributed by atoms with Gasteiger partial charge in [-0.2, -0.15) is 0 Å². The lowest BCUT2D eigenvalue weighted by atomic mass is 10.1. The van der Waals surface area contributed by atoms with Gasteiger partial charge in [0.05, 0.1) is 14.2 Å². The van der Waals surface area contributed by atoms with Gasteiger partial charge in [0, 0.05) is 11.1 Å². The summed E-state index contributed by atoms with van der Waals surface area (Å²) < 4.78 is 10.3. The van der Waals surface area contributed by atoms with E-state index >= 15 is 0 Å². The van der Waals surface area contributed by atoms with Crippen molar-refractivity contribution in [2.75, 3.05) is 14.2 Å². The maximum absolute atomic E-state index is 12.2. The Kier molecular flexibility index (Phi) is 4.88. The molecular formula is C19H20N2O4. The van der Waals surface area contributed by atoms with Gasteiger partial charge in [0.1, 0.15) is 0 Å². The van der Waals surface area contributed by atoms with Gasteiger partial charge in [-0.25, -0.2) is 0 Å². The number of carbonyl (C=O) groups excluding carboxylic acids is 2. The highest BCUT2D eigenvalue weighted by Gasteiger charge is 2.15. The molecule has 0 fully saturated rings. The van der Waals surface area contributed by atoms with Crippen LogP contribution in [0.2, 0.25) is 0 Å². The van der Waals surface area contributed by atoms with Crippen molar-refractivity contribution in [1.82, 2.24) is 10.9 Å². The molecule has 2 aromatic rings. The lowest BCUT2D eigenvalue weighted by Gasteiger charge is -2.11. The zero-order valence-electron chi connectivity index (χ0n) is 14.2. The van der Waals surface area contributed by atoms with E-state index in [9.17, 15) is 9.59 Å². The predicted molar refractivity (Wildman–Crippen MR) is 92.9 cm³/mol. The zero-order valence-corrected chi connectivity index (χ0v) is 14.2. The summed E-state index contributed by atoms with van der Waals surface area (Å²) in [6.07, 6.45) is 3.18. The summed E-state index contributed by atoms with van der Waals surface area (Å²) in [6, 6.07) is 10.4. The van der Waals surface area contributed by atoms with E-state index in [4.69, 9.17) is 9.47 Å². The van der Waals surface area contributed by atoms with Crippen LogP contribution < -0.4 is 20.3 Å². The Morgan fingerprint density at radius 3 is 2.08 bits per heavy atom. The summed E-state index contributed by atoms with van der Waals surface area (Å²) in [5, 5.41) is 0. The van der Waals surface area contributed by atoms with Gasteiger partial charge in [0.25, 0.3) is 11.8 Å². The summed E-state index contributed by atoms with van der Waals surface area (Å²) in [5.74, 6) is 0.195. The van der Waals surface area contributed by atoms with E-state index in [1.54, 1.807) is 24.3 Å². The van der Waals surface area contributed by atoms with Crippen LogP contribution in [0.25, 0.3) is 0 Å². The molecule has 0 spiro atoms. The number of hydrogen-bond acceptors (Lipinski definition) is 4. The normalized spacial score (nSPS) is 12.2. The number of nitrogens with one attached hydrogen (secondary N) is 2. The fourth-order valence-corrected chi connectivity index (χ4v) is 2.95. The number of fused-ring (bicyclic) bond motifs is 1. The van der Waals surface area contributed by atoms with Crippen LogP contribution in [-0.2, 0) is 12.8 Å². The minimum Gasteiger partial charge on any atom is -0.493 e. The van der Waals surface area contributed by atoms with Gasteiger partial charge in [-0.3, -0.25) is 20.4 Å². The molecule has 0 radical (unpaired) electrons. The second-order valence-corrected chi connectivity index (χ2v) is 5.82. The Hall–Kier alpha value is -3.02. The Morgan fingerprint density at radius 1 is 0.800 bits per heavy atom. The number of methoxy groups -OCH3 is 2. The molecule has 0 bridgehead atoms. The first-order chi connectivity index (χ1) is 12.1. The lowest BCUT2D eigenvalue weighted by Crippen LogP contribution is -2.41. The quantitative estimate of drug-likeness (QED) is 0.837. The van der Waals surface area contributed by atoms with Crippen molar-refractivity contribution in [2.45, 2.75) is 19.3 Å². The predicted octanol–water partition coefficient (Wildman–Crippen LogP) is 2.27. The summed E-state index contributed by atoms with van der Waals surface area (Å²) in [4.78, 5) is 24.4. The summed E-state index contributed by atoms with van der Waals surface area (Å²) >= 11 is 0. The van der Waals surface area contributed by atoms with Gasteiger partial charge in [-0.1, -0.05) is 6.07 Å². The van der Waals surface area contributed by atoms with Crippen molar-refractivity contribution in [1.29, 1.82) is 0 Å². The van der Waals surface area contributed by atoms with E-state index in [-0.39, 0.29) is 5.91 Å². The van der Waals surface area contributed by atoms with Crippen LogP contribution in [0.4, 0.5) is 0 Å². The number of hydrazine groups is 1. The van der Waals surface area contributed by atoms with Crippen LogP contribution in [0.3, 0.4) is 0 Å². The smallest absolute Gasteiger partial charge is 0.269 e. The fourth-order valence-electron chi connectivity index (χ4n) is 2.95. The minimum atomic E-state index is -0.435. The average Bonchev–Trinajstić information content (AvgIpc) is 3.12. The first-order valence-electron chi connectivity index (χ1n) is 8.07. The van der Waals surface area contributed by atoms with Crippen molar-refractivity contribution in [3.05, 3.63) is 58.7 Å². The standard InChI is InChI=1S/C19H20N2O4/c1-24-16-9-8-15(11-17(16)25-2)19(23)21-20-18(22)14-7-6-12-4-3-5-13(12)10-14/h6-11H,3-5H2,1-2H3,(H,20,22)(H,21,23). The molecule has 2 N–H and O–H groups in total. The van der Waals surface area contributed by atoms with Crippen molar-refractivity contribution in [2.24, 2.45) is 0 Å². The van der Waals surface area contributed by atoms with Crippen molar-refractivity contribution >= 4 is 11.8 Å². The first kappa shape index (κ1) is 16.8. The number of rotatable bonds is 4. The number of amides is 2. The van der Waals surface area contributed by atoms with E-state index < -0.39 is 5.91 Å². The first-order valence-corrected chi connectivity index (χ1v) is 8.07. The van der Waals surface area contributed by atoms with Crippen LogP contribution >= 0.6 is 0 Å². The molecule has 1 aliphatic rings. The second kappa shape index (κ2) is 7.25. The Morgan fingerprint density at radius 2 is 1.40 bits per heavy atom. The number of ether oxygens (including phenoxy) is 2. The molecular weight excluding hydrogens is 320 g/mol. The third kappa shape index (κ3) is 3.57. The molecule has 0 atom stereocenters. The third-order valence-electron chi connectivity index (χ3n) is 4.30. The monoisotopic (exact) mass is 340 g/mol. The summed E-state index contributed by atoms with van der Waals surface area (Å²) in [7, 11) is 3.02. The number of hydrogen-bond donors (Lipinski definition) is 2. The van der Waals surface area contributed by atoms with E-state index in [0.717, 1.165) is 19.3 Å². The summed E-state index contributed by atoms with van der Waals surface area (Å²) in [5.41, 5.74) is 8.26. The van der Waals surface area contributed by atoms with E-state index in [1.807, 2.05) is 12.1 Å². The highest BCUT2D eigenvalue weighted by molar-refractivity contribution is 5.99. The molecule has 0 saturated carbocycles. The van der Waals surface area contributed by atoms with Crippen LogP contribution in [0.1, 0.15) is 38.3 Å². The van der Waals surface area contributed by atoms with Crippen molar-refractivity contribution in [3.63, 3.8) is 0 Å². The second-order valence-electron chi connectivity index (χ2n) is 5.82. The van der Waals surface area contributed by atoms with Gasteiger partial charge in [-0.05, 0) is 60.7 Å². The Bertz CT molecular complexity index is 817. The van der Waals surface area contributed by atoms with Crippen LogP contribution in [0, 0.1) is 0 Å². The molecule has 0 aliphatic heterocycles. The van der Waals surface area contributed by atoms with Gasteiger partial charge in [-0.15, -0.1) is 0 Å². The molecule has 2 aromatic carbocycles. The minimum absolute atomic E-state index is 0.344. The fraction of sp³-hybridized carbons (Fsp3) is 0.263. The molecule has 0 heterocycles. The lowest BCUT2D eigenvalue weighted by molar-refractivity contribution is 0.0846. The van der Waals surface area contributed by atoms with Crippen LogP contribution in [0.5, 0.6) is 11.5 Å². The topological polar surface area (TPSA) is 76.7 Å². The van der Waals surface area contributed by atoms with Crippen molar-refractivity contribution in [3.8, 4) is 11.5 Å². The maximum Gasteiger partial charge on any atom is 0.269 e. The number of aryl methyl sites for hydroxylation is 2. The van der Waals surface area contributed by atoms with Crippen LogP contribution in [-0.4, -0.2) is 26.0 Å². The van der Waals surface area contributed by atoms with E-state index in [2.05, 4.69) is 10.9 Å². The molecule has 6 nitrogen and oxygen atoms in total. The molecule has 0 aromatic heterocycles. The maximum atomic E-state index is 12.2. The molecule has 0 unspecified atom stereocenters. The zero-order chi connectivity index (χ0) is 17.8. The van der Waals surface area contributed by atoms with Gasteiger partial charge in [0.15, 0.2) is 11.5 Å².